The highest BCUT2D eigenvalue weighted by Gasteiger charge is 2.32. The van der Waals surface area contributed by atoms with Gasteiger partial charge in [-0.25, -0.2) is 18.5 Å². The molecule has 1 saturated heterocycles. The van der Waals surface area contributed by atoms with Crippen LogP contribution < -0.4 is 4.90 Å². The molecule has 2 heterocycles. The second-order valence-corrected chi connectivity index (χ2v) is 9.59. The first-order valence-corrected chi connectivity index (χ1v) is 11.8. The van der Waals surface area contributed by atoms with Crippen LogP contribution in [-0.4, -0.2) is 79.0 Å². The zero-order chi connectivity index (χ0) is 22.3. The van der Waals surface area contributed by atoms with Gasteiger partial charge in [-0.1, -0.05) is 41.9 Å². The van der Waals surface area contributed by atoms with Crippen LogP contribution >= 0.6 is 11.6 Å². The number of hydrogen-bond donors (Lipinski definition) is 1. The fourth-order valence-corrected chi connectivity index (χ4v) is 5.05. The minimum absolute atomic E-state index is 0.113. The highest BCUT2D eigenvalue weighted by atomic mass is 35.5. The van der Waals surface area contributed by atoms with E-state index in [4.69, 9.17) is 16.3 Å². The third kappa shape index (κ3) is 6.62. The quantitative estimate of drug-likeness (QED) is 0.321. The number of benzene rings is 1. The molecule has 1 N–H and O–H groups in total. The maximum absolute atomic E-state index is 12.9. The average Bonchev–Trinajstić information content (AvgIpc) is 2.79. The standard InChI is InChI=1S/C20H25ClN4O5S/c21-18-6-7-20(22-12-18)23-8-10-24(11-9-23)31(28,29)15-19(25(27)16-26)14-30-13-17-4-2-1-3-5-17/h1-7,12,16,19,27H,8-11,13-15H2. The second kappa shape index (κ2) is 10.9. The molecular weight excluding hydrogens is 444 g/mol. The van der Waals surface area contributed by atoms with Crippen LogP contribution in [0.3, 0.4) is 0 Å². The van der Waals surface area contributed by atoms with Crippen molar-refractivity contribution in [3.8, 4) is 0 Å². The molecule has 0 radical (unpaired) electrons. The summed E-state index contributed by atoms with van der Waals surface area (Å²) in [7, 11) is -3.72. The number of rotatable bonds is 10. The van der Waals surface area contributed by atoms with Gasteiger partial charge in [0.15, 0.2) is 0 Å². The summed E-state index contributed by atoms with van der Waals surface area (Å²) in [6.07, 6.45) is 1.74. The minimum atomic E-state index is -3.72. The van der Waals surface area contributed by atoms with Gasteiger partial charge in [0.05, 0.1) is 30.0 Å². The van der Waals surface area contributed by atoms with E-state index in [9.17, 15) is 18.4 Å². The van der Waals surface area contributed by atoms with E-state index >= 15 is 0 Å². The maximum atomic E-state index is 12.9. The van der Waals surface area contributed by atoms with E-state index in [0.717, 1.165) is 11.4 Å². The number of amides is 1. The Balaban J connectivity index is 1.56. The number of piperazine rings is 1. The Morgan fingerprint density at radius 3 is 2.48 bits per heavy atom. The molecule has 0 saturated carbocycles. The first-order chi connectivity index (χ1) is 14.9. The third-order valence-corrected chi connectivity index (χ3v) is 7.16. The molecule has 1 unspecified atom stereocenters. The van der Waals surface area contributed by atoms with Gasteiger partial charge in [-0.05, 0) is 17.7 Å². The largest absolute Gasteiger partial charge is 0.374 e. The van der Waals surface area contributed by atoms with Crippen LogP contribution in [0.15, 0.2) is 48.7 Å². The predicted molar refractivity (Wildman–Crippen MR) is 116 cm³/mol. The number of pyridine rings is 1. The molecule has 1 fully saturated rings. The van der Waals surface area contributed by atoms with Gasteiger partial charge >= 0.3 is 0 Å². The molecule has 1 atom stereocenters. The fraction of sp³-hybridized carbons (Fsp3) is 0.400. The highest BCUT2D eigenvalue weighted by molar-refractivity contribution is 7.89. The molecule has 31 heavy (non-hydrogen) atoms. The van der Waals surface area contributed by atoms with Gasteiger partial charge in [-0.3, -0.25) is 10.0 Å². The van der Waals surface area contributed by atoms with E-state index in [-0.39, 0.29) is 32.7 Å². The van der Waals surface area contributed by atoms with Gasteiger partial charge in [-0.15, -0.1) is 0 Å². The van der Waals surface area contributed by atoms with Crippen molar-refractivity contribution in [1.29, 1.82) is 0 Å². The number of aromatic nitrogens is 1. The van der Waals surface area contributed by atoms with Crippen LogP contribution in [0.2, 0.25) is 5.02 Å². The van der Waals surface area contributed by atoms with Crippen molar-refractivity contribution in [2.24, 2.45) is 0 Å². The third-order valence-electron chi connectivity index (χ3n) is 4.97. The summed E-state index contributed by atoms with van der Waals surface area (Å²) in [4.78, 5) is 17.3. The van der Waals surface area contributed by atoms with Gasteiger partial charge in [0.2, 0.25) is 16.4 Å². The molecule has 0 aliphatic carbocycles. The Labute approximate surface area is 186 Å². The Bertz CT molecular complexity index is 938. The molecule has 1 aliphatic heterocycles. The van der Waals surface area contributed by atoms with Crippen LogP contribution in [0.5, 0.6) is 0 Å². The van der Waals surface area contributed by atoms with Crippen LogP contribution in [0.1, 0.15) is 5.56 Å². The number of hydroxylamine groups is 2. The molecule has 1 aromatic heterocycles. The zero-order valence-corrected chi connectivity index (χ0v) is 18.5. The zero-order valence-electron chi connectivity index (χ0n) is 16.9. The van der Waals surface area contributed by atoms with E-state index in [1.54, 1.807) is 18.3 Å². The fourth-order valence-electron chi connectivity index (χ4n) is 3.27. The summed E-state index contributed by atoms with van der Waals surface area (Å²) >= 11 is 5.86. The Kier molecular flexibility index (Phi) is 8.22. The van der Waals surface area contributed by atoms with Crippen LogP contribution in [-0.2, 0) is 26.2 Å². The number of anilines is 1. The van der Waals surface area contributed by atoms with E-state index in [0.29, 0.717) is 23.2 Å². The molecule has 2 aromatic rings. The second-order valence-electron chi connectivity index (χ2n) is 7.14. The van der Waals surface area contributed by atoms with Crippen LogP contribution in [0.4, 0.5) is 5.82 Å². The van der Waals surface area contributed by atoms with Crippen LogP contribution in [0.25, 0.3) is 0 Å². The molecule has 1 amide bonds. The maximum Gasteiger partial charge on any atom is 0.233 e. The van der Waals surface area contributed by atoms with E-state index in [2.05, 4.69) is 4.98 Å². The lowest BCUT2D eigenvalue weighted by Crippen LogP contribution is -2.52. The summed E-state index contributed by atoms with van der Waals surface area (Å²) < 4.78 is 32.7. The molecule has 1 aliphatic rings. The Morgan fingerprint density at radius 2 is 1.87 bits per heavy atom. The summed E-state index contributed by atoms with van der Waals surface area (Å²) in [5.74, 6) is 0.298. The van der Waals surface area contributed by atoms with Gasteiger partial charge in [0, 0.05) is 32.4 Å². The van der Waals surface area contributed by atoms with E-state index in [1.807, 2.05) is 35.2 Å². The highest BCUT2D eigenvalue weighted by Crippen LogP contribution is 2.18. The lowest BCUT2D eigenvalue weighted by Gasteiger charge is -2.35. The van der Waals surface area contributed by atoms with Crippen molar-refractivity contribution in [2.45, 2.75) is 12.6 Å². The average molecular weight is 469 g/mol. The molecule has 0 spiro atoms. The molecule has 11 heteroatoms. The van der Waals surface area contributed by atoms with Crippen LogP contribution in [0, 0.1) is 0 Å². The topological polar surface area (TPSA) is 103 Å². The first kappa shape index (κ1) is 23.4. The number of halogens is 1. The Morgan fingerprint density at radius 1 is 1.16 bits per heavy atom. The van der Waals surface area contributed by atoms with Crippen molar-refractivity contribution in [1.82, 2.24) is 14.4 Å². The number of ether oxygens (including phenoxy) is 1. The summed E-state index contributed by atoms with van der Waals surface area (Å²) in [5.41, 5.74) is 0.909. The van der Waals surface area contributed by atoms with Crippen molar-refractivity contribution in [3.05, 3.63) is 59.2 Å². The normalized spacial score (nSPS) is 16.1. The molecule has 168 valence electrons. The summed E-state index contributed by atoms with van der Waals surface area (Å²) in [5, 5.41) is 10.8. The molecule has 0 bridgehead atoms. The monoisotopic (exact) mass is 468 g/mol. The van der Waals surface area contributed by atoms with Crippen molar-refractivity contribution in [3.63, 3.8) is 0 Å². The SMILES string of the molecule is O=CN(O)C(COCc1ccccc1)CS(=O)(=O)N1CCN(c2ccc(Cl)cn2)CC1. The van der Waals surface area contributed by atoms with Gasteiger partial charge < -0.3 is 9.64 Å². The molecule has 1 aromatic carbocycles. The number of sulfonamides is 1. The lowest BCUT2D eigenvalue weighted by atomic mass is 10.2. The van der Waals surface area contributed by atoms with E-state index in [1.165, 1.54) is 4.31 Å². The molecule has 9 nitrogen and oxygen atoms in total. The van der Waals surface area contributed by atoms with E-state index < -0.39 is 21.8 Å². The number of carbonyl (C=O) groups excluding carboxylic acids is 1. The molecular formula is C20H25ClN4O5S. The first-order valence-electron chi connectivity index (χ1n) is 9.77. The van der Waals surface area contributed by atoms with Crippen molar-refractivity contribution < 1.29 is 23.2 Å². The number of hydrogen-bond acceptors (Lipinski definition) is 7. The predicted octanol–water partition coefficient (Wildman–Crippen LogP) is 1.62. The Hall–Kier alpha value is -2.24. The smallest absolute Gasteiger partial charge is 0.233 e. The van der Waals surface area contributed by atoms with Gasteiger partial charge in [0.25, 0.3) is 0 Å². The molecule has 3 rings (SSSR count). The number of carbonyl (C=O) groups is 1. The van der Waals surface area contributed by atoms with Gasteiger partial charge in [-0.2, -0.15) is 4.31 Å². The summed E-state index contributed by atoms with van der Waals surface area (Å²) in [6.45, 7) is 1.63. The number of nitrogens with zero attached hydrogens (tertiary/aromatic N) is 4. The van der Waals surface area contributed by atoms with Crippen molar-refractivity contribution >= 4 is 33.9 Å². The summed E-state index contributed by atoms with van der Waals surface area (Å²) in [6, 6.07) is 11.9. The minimum Gasteiger partial charge on any atom is -0.374 e. The van der Waals surface area contributed by atoms with Gasteiger partial charge in [0.1, 0.15) is 5.82 Å². The van der Waals surface area contributed by atoms with Crippen molar-refractivity contribution in [2.75, 3.05) is 43.4 Å². The lowest BCUT2D eigenvalue weighted by molar-refractivity contribution is -0.163.